The minimum Gasteiger partial charge on any atom is -0.399 e. The first-order chi connectivity index (χ1) is 9.84. The average molecular weight is 311 g/mol. The lowest BCUT2D eigenvalue weighted by molar-refractivity contribution is 0.237. The molecule has 0 radical (unpaired) electrons. The van der Waals surface area contributed by atoms with Crippen LogP contribution >= 0.6 is 0 Å². The normalized spacial score (nSPS) is 20.3. The van der Waals surface area contributed by atoms with E-state index in [9.17, 15) is 8.42 Å². The van der Waals surface area contributed by atoms with Crippen LogP contribution in [0.15, 0.2) is 23.1 Å². The Morgan fingerprint density at radius 1 is 1.38 bits per heavy atom. The number of nitrogens with two attached hydrogens (primary N) is 1. The van der Waals surface area contributed by atoms with Crippen molar-refractivity contribution >= 4 is 15.7 Å². The first-order valence-corrected chi connectivity index (χ1v) is 8.86. The Balaban J connectivity index is 2.18. The van der Waals surface area contributed by atoms with Crippen molar-refractivity contribution in [3.63, 3.8) is 0 Å². The molecule has 0 saturated carbocycles. The lowest BCUT2D eigenvalue weighted by Crippen LogP contribution is -2.41. The second-order valence-corrected chi connectivity index (χ2v) is 7.83. The Hall–Kier alpha value is -1.11. The molecule has 6 heteroatoms. The maximum atomic E-state index is 12.7. The Morgan fingerprint density at radius 3 is 2.71 bits per heavy atom. The third-order valence-electron chi connectivity index (χ3n) is 4.15. The molecule has 1 aliphatic rings. The van der Waals surface area contributed by atoms with Crippen molar-refractivity contribution in [1.82, 2.24) is 9.21 Å². The molecule has 0 spiro atoms. The summed E-state index contributed by atoms with van der Waals surface area (Å²) in [6, 6.07) is 5.30. The number of nitrogens with zero attached hydrogens (tertiary/aromatic N) is 2. The Kier molecular flexibility index (Phi) is 4.91. The lowest BCUT2D eigenvalue weighted by Gasteiger charge is -2.27. The SMILES string of the molecule is CCN1CCCC1CN(C)S(=O)(=O)c1cc(C)cc(N)c1. The van der Waals surface area contributed by atoms with E-state index in [0.29, 0.717) is 18.3 Å². The van der Waals surface area contributed by atoms with Gasteiger partial charge in [-0.05, 0) is 56.6 Å². The number of rotatable bonds is 5. The monoisotopic (exact) mass is 311 g/mol. The van der Waals surface area contributed by atoms with Crippen molar-refractivity contribution in [2.75, 3.05) is 32.4 Å². The number of likely N-dealkylation sites (tertiary alicyclic amines) is 1. The third kappa shape index (κ3) is 3.56. The highest BCUT2D eigenvalue weighted by atomic mass is 32.2. The number of hydrogen-bond acceptors (Lipinski definition) is 4. The molecule has 1 unspecified atom stereocenters. The van der Waals surface area contributed by atoms with Crippen molar-refractivity contribution in [2.24, 2.45) is 0 Å². The molecular formula is C15H25N3O2S. The predicted octanol–water partition coefficient (Wildman–Crippen LogP) is 1.68. The van der Waals surface area contributed by atoms with Crippen LogP contribution < -0.4 is 5.73 Å². The van der Waals surface area contributed by atoms with E-state index in [2.05, 4.69) is 11.8 Å². The Labute approximate surface area is 127 Å². The standard InChI is InChI=1S/C15H25N3O2S/c1-4-18-7-5-6-14(18)11-17(3)21(19,20)15-9-12(2)8-13(16)10-15/h8-10,14H,4-7,11,16H2,1-3H3. The molecule has 1 fully saturated rings. The summed E-state index contributed by atoms with van der Waals surface area (Å²) < 4.78 is 26.8. The second-order valence-electron chi connectivity index (χ2n) is 5.79. The zero-order chi connectivity index (χ0) is 15.6. The highest BCUT2D eigenvalue weighted by Gasteiger charge is 2.29. The fourth-order valence-corrected chi connectivity index (χ4v) is 4.37. The van der Waals surface area contributed by atoms with Crippen LogP contribution in [-0.4, -0.2) is 50.3 Å². The van der Waals surface area contributed by atoms with Gasteiger partial charge < -0.3 is 5.73 Å². The molecule has 2 rings (SSSR count). The molecule has 0 bridgehead atoms. The number of likely N-dealkylation sites (N-methyl/N-ethyl adjacent to an activating group) is 2. The summed E-state index contributed by atoms with van der Waals surface area (Å²) in [7, 11) is -1.82. The fourth-order valence-electron chi connectivity index (χ4n) is 3.02. The van der Waals surface area contributed by atoms with Gasteiger partial charge in [0.1, 0.15) is 0 Å². The minimum absolute atomic E-state index is 0.281. The van der Waals surface area contributed by atoms with E-state index >= 15 is 0 Å². The third-order valence-corrected chi connectivity index (χ3v) is 5.96. The number of anilines is 1. The van der Waals surface area contributed by atoms with Crippen LogP contribution in [0.2, 0.25) is 0 Å². The number of sulfonamides is 1. The number of nitrogen functional groups attached to an aromatic ring is 1. The smallest absolute Gasteiger partial charge is 0.242 e. The van der Waals surface area contributed by atoms with Gasteiger partial charge in [0.25, 0.3) is 0 Å². The highest BCUT2D eigenvalue weighted by Crippen LogP contribution is 2.23. The van der Waals surface area contributed by atoms with Crippen LogP contribution in [0.3, 0.4) is 0 Å². The first kappa shape index (κ1) is 16.3. The highest BCUT2D eigenvalue weighted by molar-refractivity contribution is 7.89. The van der Waals surface area contributed by atoms with Crippen molar-refractivity contribution < 1.29 is 8.42 Å². The maximum absolute atomic E-state index is 12.7. The maximum Gasteiger partial charge on any atom is 0.242 e. The molecule has 21 heavy (non-hydrogen) atoms. The summed E-state index contributed by atoms with van der Waals surface area (Å²) in [4.78, 5) is 2.62. The van der Waals surface area contributed by atoms with Gasteiger partial charge in [0, 0.05) is 25.3 Å². The lowest BCUT2D eigenvalue weighted by atomic mass is 10.2. The summed E-state index contributed by atoms with van der Waals surface area (Å²) in [5.41, 5.74) is 7.12. The molecule has 1 atom stereocenters. The molecular weight excluding hydrogens is 286 g/mol. The van der Waals surface area contributed by atoms with E-state index in [1.54, 1.807) is 19.2 Å². The molecule has 1 aromatic carbocycles. The van der Waals surface area contributed by atoms with Gasteiger partial charge in [0.2, 0.25) is 10.0 Å². The van der Waals surface area contributed by atoms with Gasteiger partial charge in [-0.25, -0.2) is 8.42 Å². The van der Waals surface area contributed by atoms with Gasteiger partial charge in [-0.1, -0.05) is 6.92 Å². The van der Waals surface area contributed by atoms with E-state index in [1.165, 1.54) is 10.4 Å². The van der Waals surface area contributed by atoms with Crippen LogP contribution in [0.1, 0.15) is 25.3 Å². The molecule has 2 N–H and O–H groups in total. The van der Waals surface area contributed by atoms with Crippen LogP contribution in [0, 0.1) is 6.92 Å². The summed E-state index contributed by atoms with van der Waals surface area (Å²) in [6.07, 6.45) is 2.20. The Morgan fingerprint density at radius 2 is 2.10 bits per heavy atom. The van der Waals surface area contributed by atoms with Gasteiger partial charge in [-0.2, -0.15) is 4.31 Å². The number of hydrogen-bond donors (Lipinski definition) is 1. The zero-order valence-electron chi connectivity index (χ0n) is 13.0. The summed E-state index contributed by atoms with van der Waals surface area (Å²) >= 11 is 0. The van der Waals surface area contributed by atoms with Crippen LogP contribution in [0.5, 0.6) is 0 Å². The van der Waals surface area contributed by atoms with Gasteiger partial charge in [0.15, 0.2) is 0 Å². The zero-order valence-corrected chi connectivity index (χ0v) is 13.9. The first-order valence-electron chi connectivity index (χ1n) is 7.42. The minimum atomic E-state index is -3.48. The largest absolute Gasteiger partial charge is 0.399 e. The molecule has 1 heterocycles. The molecule has 5 nitrogen and oxygen atoms in total. The topological polar surface area (TPSA) is 66.6 Å². The Bertz CT molecular complexity index is 581. The fraction of sp³-hybridized carbons (Fsp3) is 0.600. The van der Waals surface area contributed by atoms with Gasteiger partial charge in [-0.3, -0.25) is 4.90 Å². The average Bonchev–Trinajstić information content (AvgIpc) is 2.84. The van der Waals surface area contributed by atoms with Crippen LogP contribution in [0.25, 0.3) is 0 Å². The van der Waals surface area contributed by atoms with Gasteiger partial charge >= 0.3 is 0 Å². The van der Waals surface area contributed by atoms with E-state index < -0.39 is 10.0 Å². The van der Waals surface area contributed by atoms with Crippen molar-refractivity contribution in [1.29, 1.82) is 0 Å². The summed E-state index contributed by atoms with van der Waals surface area (Å²) in [6.45, 7) is 6.53. The molecule has 0 amide bonds. The molecule has 1 aliphatic heterocycles. The van der Waals surface area contributed by atoms with Crippen LogP contribution in [-0.2, 0) is 10.0 Å². The van der Waals surface area contributed by atoms with E-state index in [0.717, 1.165) is 31.5 Å². The molecule has 1 aromatic rings. The molecule has 0 aliphatic carbocycles. The van der Waals surface area contributed by atoms with Crippen LogP contribution in [0.4, 0.5) is 5.69 Å². The van der Waals surface area contributed by atoms with Crippen molar-refractivity contribution in [3.8, 4) is 0 Å². The van der Waals surface area contributed by atoms with Crippen molar-refractivity contribution in [2.45, 2.75) is 37.6 Å². The van der Waals surface area contributed by atoms with Crippen molar-refractivity contribution in [3.05, 3.63) is 23.8 Å². The quantitative estimate of drug-likeness (QED) is 0.840. The summed E-state index contributed by atoms with van der Waals surface area (Å²) in [5, 5.41) is 0. The van der Waals surface area contributed by atoms with E-state index in [-0.39, 0.29) is 4.90 Å². The molecule has 1 saturated heterocycles. The second kappa shape index (κ2) is 6.34. The molecule has 118 valence electrons. The summed E-state index contributed by atoms with van der Waals surface area (Å²) in [5.74, 6) is 0. The van der Waals surface area contributed by atoms with E-state index in [4.69, 9.17) is 5.73 Å². The van der Waals surface area contributed by atoms with E-state index in [1.807, 2.05) is 6.92 Å². The number of aryl methyl sites for hydroxylation is 1. The van der Waals surface area contributed by atoms with Gasteiger partial charge in [-0.15, -0.1) is 0 Å². The predicted molar refractivity (Wildman–Crippen MR) is 85.7 cm³/mol. The van der Waals surface area contributed by atoms with Gasteiger partial charge in [0.05, 0.1) is 4.90 Å². The number of benzene rings is 1. The molecule has 0 aromatic heterocycles.